The quantitative estimate of drug-likeness (QED) is 0.502. The van der Waals surface area contributed by atoms with Crippen molar-refractivity contribution in [1.82, 2.24) is 9.80 Å². The summed E-state index contributed by atoms with van der Waals surface area (Å²) in [4.78, 5) is 15.7. The summed E-state index contributed by atoms with van der Waals surface area (Å²) in [5, 5.41) is 8.92. The molecule has 0 aliphatic heterocycles. The number of amides is 1. The number of aliphatic hydroxyl groups excluding tert-OH is 1. The summed E-state index contributed by atoms with van der Waals surface area (Å²) in [6.07, 6.45) is 0.523. The van der Waals surface area contributed by atoms with E-state index in [1.54, 1.807) is 19.1 Å². The molecule has 0 spiro atoms. The highest BCUT2D eigenvalue weighted by molar-refractivity contribution is 7.80. The fraction of sp³-hybridized carbons (Fsp3) is 0.818. The van der Waals surface area contributed by atoms with E-state index >= 15 is 0 Å². The van der Waals surface area contributed by atoms with Crippen LogP contribution in [0, 0.1) is 0 Å². The molecule has 3 N–H and O–H groups in total. The van der Waals surface area contributed by atoms with E-state index in [1.165, 1.54) is 0 Å². The van der Waals surface area contributed by atoms with Gasteiger partial charge in [-0.05, 0) is 0 Å². The molecular formula is C11H23N3O3S. The largest absolute Gasteiger partial charge is 0.395 e. The van der Waals surface area contributed by atoms with Crippen molar-refractivity contribution in [3.8, 4) is 0 Å². The lowest BCUT2D eigenvalue weighted by Crippen LogP contribution is -2.41. The van der Waals surface area contributed by atoms with Crippen LogP contribution in [0.2, 0.25) is 0 Å². The fourth-order valence-corrected chi connectivity index (χ4v) is 1.44. The second-order valence-corrected chi connectivity index (χ2v) is 4.55. The minimum Gasteiger partial charge on any atom is -0.395 e. The van der Waals surface area contributed by atoms with E-state index in [2.05, 4.69) is 0 Å². The van der Waals surface area contributed by atoms with E-state index < -0.39 is 0 Å². The zero-order valence-electron chi connectivity index (χ0n) is 11.1. The molecule has 106 valence electrons. The van der Waals surface area contributed by atoms with Crippen molar-refractivity contribution in [3.05, 3.63) is 0 Å². The molecule has 0 aromatic rings. The third-order valence-electron chi connectivity index (χ3n) is 2.51. The summed E-state index contributed by atoms with van der Waals surface area (Å²) in [7, 11) is 3.32. The van der Waals surface area contributed by atoms with Crippen molar-refractivity contribution < 1.29 is 14.6 Å². The Morgan fingerprint density at radius 2 is 2.06 bits per heavy atom. The number of methoxy groups -OCH3 is 1. The molecule has 0 aliphatic rings. The molecular weight excluding hydrogens is 254 g/mol. The Hall–Kier alpha value is -0.760. The van der Waals surface area contributed by atoms with Gasteiger partial charge in [-0.2, -0.15) is 0 Å². The standard InChI is InChI=1S/C11H23N3O3S/c1-13(4-3-10(12)18)11(16)9-14(5-7-15)6-8-17-2/h15H,3-9H2,1-2H3,(H2,12,18). The predicted octanol–water partition coefficient (Wildman–Crippen LogP) is -0.938. The fourth-order valence-electron chi connectivity index (χ4n) is 1.35. The van der Waals surface area contributed by atoms with Gasteiger partial charge in [0.25, 0.3) is 0 Å². The van der Waals surface area contributed by atoms with Gasteiger partial charge in [-0.15, -0.1) is 0 Å². The summed E-state index contributed by atoms with van der Waals surface area (Å²) < 4.78 is 4.96. The Kier molecular flexibility index (Phi) is 9.76. The summed E-state index contributed by atoms with van der Waals surface area (Å²) in [5.41, 5.74) is 5.39. The molecule has 0 aromatic carbocycles. The molecule has 18 heavy (non-hydrogen) atoms. The highest BCUT2D eigenvalue weighted by Gasteiger charge is 2.14. The summed E-state index contributed by atoms with van der Waals surface area (Å²) in [5.74, 6) is -0.0178. The van der Waals surface area contributed by atoms with Crippen molar-refractivity contribution in [2.45, 2.75) is 6.42 Å². The van der Waals surface area contributed by atoms with Crippen LogP contribution in [0.3, 0.4) is 0 Å². The lowest BCUT2D eigenvalue weighted by atomic mass is 10.3. The first-order valence-electron chi connectivity index (χ1n) is 5.85. The van der Waals surface area contributed by atoms with Gasteiger partial charge >= 0.3 is 0 Å². The Bertz CT molecular complexity index is 264. The van der Waals surface area contributed by atoms with Gasteiger partial charge in [0.1, 0.15) is 0 Å². The van der Waals surface area contributed by atoms with Crippen LogP contribution in [0.1, 0.15) is 6.42 Å². The Morgan fingerprint density at radius 1 is 1.39 bits per heavy atom. The Labute approximate surface area is 114 Å². The average molecular weight is 277 g/mol. The molecule has 7 heteroatoms. The predicted molar refractivity (Wildman–Crippen MR) is 74.4 cm³/mol. The molecule has 0 atom stereocenters. The second kappa shape index (κ2) is 10.2. The van der Waals surface area contributed by atoms with Crippen LogP contribution in [0.4, 0.5) is 0 Å². The Balaban J connectivity index is 4.09. The normalized spacial score (nSPS) is 10.7. The average Bonchev–Trinajstić information content (AvgIpc) is 2.33. The molecule has 0 heterocycles. The van der Waals surface area contributed by atoms with E-state index in [-0.39, 0.29) is 19.1 Å². The van der Waals surface area contributed by atoms with Gasteiger partial charge in [0.2, 0.25) is 5.91 Å². The number of carbonyl (C=O) groups is 1. The minimum atomic E-state index is -0.0178. The molecule has 6 nitrogen and oxygen atoms in total. The zero-order chi connectivity index (χ0) is 14.0. The van der Waals surface area contributed by atoms with Crippen molar-refractivity contribution in [2.24, 2.45) is 5.73 Å². The number of ether oxygens (including phenoxy) is 1. The first-order valence-corrected chi connectivity index (χ1v) is 6.26. The van der Waals surface area contributed by atoms with E-state index in [1.807, 2.05) is 4.90 Å². The van der Waals surface area contributed by atoms with Crippen LogP contribution < -0.4 is 5.73 Å². The van der Waals surface area contributed by atoms with E-state index in [0.29, 0.717) is 37.7 Å². The number of carbonyl (C=O) groups excluding carboxylic acids is 1. The summed E-state index contributed by atoms with van der Waals surface area (Å²) in [6, 6.07) is 0. The molecule has 0 rings (SSSR count). The number of nitrogens with two attached hydrogens (primary N) is 1. The van der Waals surface area contributed by atoms with Gasteiger partial charge in [0.05, 0.1) is 24.7 Å². The number of nitrogens with zero attached hydrogens (tertiary/aromatic N) is 2. The van der Waals surface area contributed by atoms with Crippen molar-refractivity contribution in [2.75, 3.05) is 53.6 Å². The van der Waals surface area contributed by atoms with Crippen LogP contribution in [-0.4, -0.2) is 79.4 Å². The van der Waals surface area contributed by atoms with Gasteiger partial charge in [-0.3, -0.25) is 9.69 Å². The molecule has 0 unspecified atom stereocenters. The monoisotopic (exact) mass is 277 g/mol. The van der Waals surface area contributed by atoms with Crippen LogP contribution >= 0.6 is 12.2 Å². The van der Waals surface area contributed by atoms with E-state index in [9.17, 15) is 4.79 Å². The van der Waals surface area contributed by atoms with Crippen LogP contribution in [-0.2, 0) is 9.53 Å². The van der Waals surface area contributed by atoms with Crippen molar-refractivity contribution >= 4 is 23.1 Å². The molecule has 0 aliphatic carbocycles. The number of thiocarbonyl (C=S) groups is 1. The molecule has 0 radical (unpaired) electrons. The highest BCUT2D eigenvalue weighted by Crippen LogP contribution is 1.94. The van der Waals surface area contributed by atoms with E-state index in [0.717, 1.165) is 0 Å². The van der Waals surface area contributed by atoms with Gasteiger partial charge in [-0.25, -0.2) is 0 Å². The van der Waals surface area contributed by atoms with Crippen LogP contribution in [0.25, 0.3) is 0 Å². The molecule has 0 aromatic heterocycles. The third-order valence-corrected chi connectivity index (χ3v) is 2.71. The summed E-state index contributed by atoms with van der Waals surface area (Å²) in [6.45, 7) is 2.41. The number of hydrogen-bond acceptors (Lipinski definition) is 5. The van der Waals surface area contributed by atoms with Gasteiger partial charge in [-0.1, -0.05) is 12.2 Å². The minimum absolute atomic E-state index is 0.0178. The highest BCUT2D eigenvalue weighted by atomic mass is 32.1. The number of aliphatic hydroxyl groups is 1. The first-order chi connectivity index (χ1) is 8.51. The number of rotatable bonds is 10. The second-order valence-electron chi connectivity index (χ2n) is 4.02. The van der Waals surface area contributed by atoms with Gasteiger partial charge in [0, 0.05) is 40.2 Å². The molecule has 0 bridgehead atoms. The van der Waals surface area contributed by atoms with Gasteiger partial charge < -0.3 is 20.5 Å². The van der Waals surface area contributed by atoms with E-state index in [4.69, 9.17) is 27.8 Å². The van der Waals surface area contributed by atoms with Crippen LogP contribution in [0.5, 0.6) is 0 Å². The lowest BCUT2D eigenvalue weighted by Gasteiger charge is -2.24. The SMILES string of the molecule is COCCN(CCO)CC(=O)N(C)CCC(N)=S. The topological polar surface area (TPSA) is 79.0 Å². The summed E-state index contributed by atoms with van der Waals surface area (Å²) >= 11 is 4.77. The third kappa shape index (κ3) is 8.35. The molecule has 0 saturated carbocycles. The molecule has 0 fully saturated rings. The van der Waals surface area contributed by atoms with Gasteiger partial charge in [0.15, 0.2) is 0 Å². The first kappa shape index (κ1) is 17.2. The maximum absolute atomic E-state index is 11.9. The smallest absolute Gasteiger partial charge is 0.236 e. The number of likely N-dealkylation sites (N-methyl/N-ethyl adjacent to an activating group) is 1. The maximum Gasteiger partial charge on any atom is 0.236 e. The lowest BCUT2D eigenvalue weighted by molar-refractivity contribution is -0.131. The zero-order valence-corrected chi connectivity index (χ0v) is 11.9. The van der Waals surface area contributed by atoms with Crippen molar-refractivity contribution in [1.29, 1.82) is 0 Å². The maximum atomic E-state index is 11.9. The van der Waals surface area contributed by atoms with Crippen molar-refractivity contribution in [3.63, 3.8) is 0 Å². The Morgan fingerprint density at radius 3 is 2.56 bits per heavy atom. The number of hydrogen-bond donors (Lipinski definition) is 2. The molecule has 1 amide bonds. The van der Waals surface area contributed by atoms with Crippen LogP contribution in [0.15, 0.2) is 0 Å². The molecule has 0 saturated heterocycles.